The minimum Gasteiger partial charge on any atom is -0.356 e. The van der Waals surface area contributed by atoms with Crippen LogP contribution in [0.1, 0.15) is 6.42 Å². The van der Waals surface area contributed by atoms with E-state index >= 15 is 0 Å². The number of anilines is 1. The second-order valence-electron chi connectivity index (χ2n) is 2.22. The molecule has 0 aliphatic carbocycles. The molecule has 4 heteroatoms. The number of aromatic nitrogens is 2. The fraction of sp³-hybridized carbons (Fsp3) is 0.500. The van der Waals surface area contributed by atoms with Crippen LogP contribution in [-0.2, 0) is 6.54 Å². The van der Waals surface area contributed by atoms with Gasteiger partial charge in [0.25, 0.3) is 0 Å². The molecule has 1 aromatic rings. The number of hydrogen-bond donors (Lipinski definition) is 1. The quantitative estimate of drug-likeness (QED) is 0.615. The molecule has 0 saturated heterocycles. The van der Waals surface area contributed by atoms with Crippen LogP contribution in [0.15, 0.2) is 12.4 Å². The van der Waals surface area contributed by atoms with Gasteiger partial charge in [-0.1, -0.05) is 0 Å². The Morgan fingerprint density at radius 1 is 1.60 bits per heavy atom. The van der Waals surface area contributed by atoms with Gasteiger partial charge in [-0.2, -0.15) is 0 Å². The minimum atomic E-state index is 0. The Labute approximate surface area is 65.9 Å². The highest BCUT2D eigenvalue weighted by molar-refractivity contribution is 5.85. The van der Waals surface area contributed by atoms with Crippen molar-refractivity contribution in [3.63, 3.8) is 0 Å². The number of halogens is 1. The Morgan fingerprint density at radius 2 is 2.50 bits per heavy atom. The van der Waals surface area contributed by atoms with Gasteiger partial charge in [-0.3, -0.25) is 0 Å². The fourth-order valence-electron chi connectivity index (χ4n) is 1.11. The van der Waals surface area contributed by atoms with Gasteiger partial charge in [-0.15, -0.1) is 12.4 Å². The van der Waals surface area contributed by atoms with E-state index in [0.717, 1.165) is 19.0 Å². The van der Waals surface area contributed by atoms with Crippen molar-refractivity contribution in [2.45, 2.75) is 13.0 Å². The van der Waals surface area contributed by atoms with Crippen LogP contribution >= 0.6 is 12.4 Å². The molecule has 0 amide bonds. The number of hydrogen-bond acceptors (Lipinski definition) is 2. The average Bonchev–Trinajstić information content (AvgIpc) is 2.33. The summed E-state index contributed by atoms with van der Waals surface area (Å²) in [6, 6.07) is 0. The summed E-state index contributed by atoms with van der Waals surface area (Å²) in [7, 11) is 0. The number of fused-ring (bicyclic) bond motifs is 1. The second-order valence-corrected chi connectivity index (χ2v) is 2.22. The molecule has 2 heterocycles. The monoisotopic (exact) mass is 159 g/mol. The highest BCUT2D eigenvalue weighted by atomic mass is 35.5. The lowest BCUT2D eigenvalue weighted by Gasteiger charge is -2.14. The zero-order chi connectivity index (χ0) is 6.10. The summed E-state index contributed by atoms with van der Waals surface area (Å²) in [6.07, 6.45) is 5.04. The molecule has 10 heavy (non-hydrogen) atoms. The van der Waals surface area contributed by atoms with Crippen molar-refractivity contribution >= 4 is 18.4 Å². The van der Waals surface area contributed by atoms with Crippen LogP contribution in [0.5, 0.6) is 0 Å². The molecule has 56 valence electrons. The second kappa shape index (κ2) is 2.92. The molecule has 0 radical (unpaired) electrons. The van der Waals surface area contributed by atoms with Gasteiger partial charge in [0, 0.05) is 25.5 Å². The highest BCUT2D eigenvalue weighted by Gasteiger charge is 2.05. The molecule has 3 nitrogen and oxygen atoms in total. The van der Waals surface area contributed by atoms with Gasteiger partial charge in [0.15, 0.2) is 0 Å². The molecular formula is C6H10ClN3. The maximum atomic E-state index is 4.11. The van der Waals surface area contributed by atoms with E-state index in [1.165, 1.54) is 6.42 Å². The number of nitrogens with one attached hydrogen (secondary N) is 1. The Hall–Kier alpha value is -0.700. The van der Waals surface area contributed by atoms with Crippen molar-refractivity contribution in [1.82, 2.24) is 9.55 Å². The Bertz CT molecular complexity index is 188. The first-order valence-corrected chi connectivity index (χ1v) is 3.22. The predicted octanol–water partition coefficient (Wildman–Crippen LogP) is 1.12. The average molecular weight is 160 g/mol. The number of aryl methyl sites for hydroxylation is 1. The molecule has 0 aromatic carbocycles. The van der Waals surface area contributed by atoms with Crippen LogP contribution in [0, 0.1) is 0 Å². The van der Waals surface area contributed by atoms with E-state index in [1.54, 1.807) is 0 Å². The van der Waals surface area contributed by atoms with Gasteiger partial charge < -0.3 is 9.88 Å². The molecule has 1 aliphatic rings. The van der Waals surface area contributed by atoms with Gasteiger partial charge in [0.05, 0.1) is 0 Å². The smallest absolute Gasteiger partial charge is 0.202 e. The third kappa shape index (κ3) is 1.09. The van der Waals surface area contributed by atoms with Gasteiger partial charge in [0.2, 0.25) is 5.95 Å². The fourth-order valence-corrected chi connectivity index (χ4v) is 1.11. The summed E-state index contributed by atoms with van der Waals surface area (Å²) in [6.45, 7) is 2.18. The third-order valence-electron chi connectivity index (χ3n) is 1.57. The van der Waals surface area contributed by atoms with Crippen molar-refractivity contribution in [3.05, 3.63) is 12.4 Å². The van der Waals surface area contributed by atoms with Gasteiger partial charge in [0.1, 0.15) is 0 Å². The zero-order valence-electron chi connectivity index (χ0n) is 5.58. The Kier molecular flexibility index (Phi) is 2.17. The van der Waals surface area contributed by atoms with E-state index in [1.807, 2.05) is 12.4 Å². The summed E-state index contributed by atoms with van der Waals surface area (Å²) in [5, 5.41) is 3.19. The van der Waals surface area contributed by atoms with E-state index in [9.17, 15) is 0 Å². The lowest BCUT2D eigenvalue weighted by atomic mass is 10.4. The lowest BCUT2D eigenvalue weighted by Crippen LogP contribution is -2.16. The van der Waals surface area contributed by atoms with E-state index in [4.69, 9.17) is 0 Å². The van der Waals surface area contributed by atoms with E-state index in [0.29, 0.717) is 0 Å². The van der Waals surface area contributed by atoms with E-state index in [2.05, 4.69) is 14.9 Å². The number of imidazole rings is 1. The van der Waals surface area contributed by atoms with Crippen LogP contribution in [0.4, 0.5) is 5.95 Å². The topological polar surface area (TPSA) is 29.9 Å². The van der Waals surface area contributed by atoms with E-state index < -0.39 is 0 Å². The van der Waals surface area contributed by atoms with Crippen molar-refractivity contribution in [2.75, 3.05) is 11.9 Å². The highest BCUT2D eigenvalue weighted by Crippen LogP contribution is 2.09. The molecule has 0 spiro atoms. The van der Waals surface area contributed by atoms with Crippen molar-refractivity contribution in [2.24, 2.45) is 0 Å². The third-order valence-corrected chi connectivity index (χ3v) is 1.57. The van der Waals surface area contributed by atoms with Crippen LogP contribution in [0.2, 0.25) is 0 Å². The van der Waals surface area contributed by atoms with Crippen LogP contribution in [0.3, 0.4) is 0 Å². The Morgan fingerprint density at radius 3 is 3.30 bits per heavy atom. The minimum absolute atomic E-state index is 0. The lowest BCUT2D eigenvalue weighted by molar-refractivity contribution is 0.627. The number of rotatable bonds is 0. The molecule has 0 fully saturated rings. The standard InChI is InChI=1S/C6H9N3.ClH/c1-2-7-6-8-3-5-9(6)4-1;/h3,5H,1-2,4H2,(H,7,8);1H. The normalized spacial score (nSPS) is 14.8. The predicted molar refractivity (Wildman–Crippen MR) is 42.6 cm³/mol. The molecule has 1 aromatic heterocycles. The van der Waals surface area contributed by atoms with Crippen LogP contribution in [-0.4, -0.2) is 16.1 Å². The first-order valence-electron chi connectivity index (χ1n) is 3.22. The van der Waals surface area contributed by atoms with Gasteiger partial charge >= 0.3 is 0 Å². The van der Waals surface area contributed by atoms with Gasteiger partial charge in [-0.25, -0.2) is 4.98 Å². The van der Waals surface area contributed by atoms with Crippen molar-refractivity contribution < 1.29 is 0 Å². The summed E-state index contributed by atoms with van der Waals surface area (Å²) < 4.78 is 2.13. The molecule has 0 atom stereocenters. The summed E-state index contributed by atoms with van der Waals surface area (Å²) in [4.78, 5) is 4.11. The molecule has 0 bridgehead atoms. The van der Waals surface area contributed by atoms with Crippen LogP contribution in [0.25, 0.3) is 0 Å². The van der Waals surface area contributed by atoms with Crippen molar-refractivity contribution in [1.29, 1.82) is 0 Å². The molecule has 0 saturated carbocycles. The Balaban J connectivity index is 0.000000500. The maximum absolute atomic E-state index is 4.11. The first kappa shape index (κ1) is 7.41. The molecule has 2 rings (SSSR count). The van der Waals surface area contributed by atoms with E-state index in [-0.39, 0.29) is 12.4 Å². The van der Waals surface area contributed by atoms with Crippen LogP contribution < -0.4 is 5.32 Å². The van der Waals surface area contributed by atoms with Gasteiger partial charge in [-0.05, 0) is 6.42 Å². The van der Waals surface area contributed by atoms with Crippen molar-refractivity contribution in [3.8, 4) is 0 Å². The molecular weight excluding hydrogens is 150 g/mol. The largest absolute Gasteiger partial charge is 0.356 e. The number of nitrogens with zero attached hydrogens (tertiary/aromatic N) is 2. The zero-order valence-corrected chi connectivity index (χ0v) is 6.40. The summed E-state index contributed by atoms with van der Waals surface area (Å²) >= 11 is 0. The first-order chi connectivity index (χ1) is 4.47. The SMILES string of the molecule is Cl.c1cn2c(n1)NCCC2. The maximum Gasteiger partial charge on any atom is 0.202 e. The molecule has 0 unspecified atom stereocenters. The summed E-state index contributed by atoms with van der Waals surface area (Å²) in [5.74, 6) is 1.02. The molecule has 1 N–H and O–H groups in total. The summed E-state index contributed by atoms with van der Waals surface area (Å²) in [5.41, 5.74) is 0. The molecule has 1 aliphatic heterocycles.